The van der Waals surface area contributed by atoms with Crippen LogP contribution in [0, 0.1) is 0 Å². The van der Waals surface area contributed by atoms with Crippen LogP contribution in [-0.2, 0) is 4.79 Å². The standard InChI is InChI=1S/C12H10F3NO3/c1-19-6-2-3-9-7(4-6)8(5-16-9)10(11(17)18)12(13,14)15/h2-5,10,16H,1H3,(H,17,18)/t10-/m0/s1. The van der Waals surface area contributed by atoms with Crippen molar-refractivity contribution >= 4 is 16.9 Å². The van der Waals surface area contributed by atoms with Crippen LogP contribution in [-0.4, -0.2) is 29.3 Å². The largest absolute Gasteiger partial charge is 0.497 e. The zero-order chi connectivity index (χ0) is 14.2. The third kappa shape index (κ3) is 2.35. The van der Waals surface area contributed by atoms with Gasteiger partial charge in [0.15, 0.2) is 5.92 Å². The zero-order valence-electron chi connectivity index (χ0n) is 9.78. The van der Waals surface area contributed by atoms with Crippen LogP contribution in [0.4, 0.5) is 13.2 Å². The molecular formula is C12H10F3NO3. The van der Waals surface area contributed by atoms with Gasteiger partial charge in [0.2, 0.25) is 0 Å². The number of carbonyl (C=O) groups is 1. The monoisotopic (exact) mass is 273 g/mol. The van der Waals surface area contributed by atoms with E-state index in [2.05, 4.69) is 4.98 Å². The maximum absolute atomic E-state index is 12.8. The van der Waals surface area contributed by atoms with Gasteiger partial charge in [-0.2, -0.15) is 13.2 Å². The predicted molar refractivity (Wildman–Crippen MR) is 61.3 cm³/mol. The maximum atomic E-state index is 12.8. The Hall–Kier alpha value is -2.18. The average Bonchev–Trinajstić information content (AvgIpc) is 2.70. The van der Waals surface area contributed by atoms with Gasteiger partial charge >= 0.3 is 12.1 Å². The summed E-state index contributed by atoms with van der Waals surface area (Å²) in [5.74, 6) is -4.13. The van der Waals surface area contributed by atoms with Crippen molar-refractivity contribution in [3.8, 4) is 5.75 Å². The molecule has 1 aromatic carbocycles. The van der Waals surface area contributed by atoms with Crippen molar-refractivity contribution in [2.45, 2.75) is 12.1 Å². The second-order valence-corrected chi connectivity index (χ2v) is 3.97. The van der Waals surface area contributed by atoms with Crippen LogP contribution in [0.25, 0.3) is 10.9 Å². The highest BCUT2D eigenvalue weighted by Gasteiger charge is 2.47. The first kappa shape index (κ1) is 13.3. The van der Waals surface area contributed by atoms with Crippen molar-refractivity contribution in [1.29, 1.82) is 0 Å². The van der Waals surface area contributed by atoms with E-state index in [1.165, 1.54) is 19.2 Å². The van der Waals surface area contributed by atoms with Gasteiger partial charge in [-0.15, -0.1) is 0 Å². The minimum atomic E-state index is -4.86. The minimum Gasteiger partial charge on any atom is -0.497 e. The normalized spacial score (nSPS) is 13.5. The van der Waals surface area contributed by atoms with Gasteiger partial charge in [-0.1, -0.05) is 0 Å². The molecule has 1 atom stereocenters. The number of methoxy groups -OCH3 is 1. The number of benzene rings is 1. The van der Waals surface area contributed by atoms with Crippen LogP contribution in [0.1, 0.15) is 11.5 Å². The Morgan fingerprint density at radius 2 is 2.11 bits per heavy atom. The van der Waals surface area contributed by atoms with Gasteiger partial charge in [-0.3, -0.25) is 4.79 Å². The first-order chi connectivity index (χ1) is 8.84. The third-order valence-corrected chi connectivity index (χ3v) is 2.81. The summed E-state index contributed by atoms with van der Waals surface area (Å²) in [6.07, 6.45) is -3.79. The van der Waals surface area contributed by atoms with Crippen molar-refractivity contribution < 1.29 is 27.8 Å². The van der Waals surface area contributed by atoms with Gasteiger partial charge in [0.25, 0.3) is 0 Å². The summed E-state index contributed by atoms with van der Waals surface area (Å²) in [6.45, 7) is 0. The highest BCUT2D eigenvalue weighted by Crippen LogP contribution is 2.39. The number of aromatic nitrogens is 1. The molecule has 0 spiro atoms. The fourth-order valence-corrected chi connectivity index (χ4v) is 1.94. The van der Waals surface area contributed by atoms with E-state index in [9.17, 15) is 18.0 Å². The fraction of sp³-hybridized carbons (Fsp3) is 0.250. The molecule has 2 rings (SSSR count). The molecule has 102 valence electrons. The molecule has 0 radical (unpaired) electrons. The molecule has 0 unspecified atom stereocenters. The lowest BCUT2D eigenvalue weighted by Crippen LogP contribution is -2.28. The van der Waals surface area contributed by atoms with Crippen LogP contribution in [0.5, 0.6) is 5.75 Å². The Morgan fingerprint density at radius 1 is 1.42 bits per heavy atom. The molecule has 2 N–H and O–H groups in total. The summed E-state index contributed by atoms with van der Waals surface area (Å²) >= 11 is 0. The van der Waals surface area contributed by atoms with E-state index in [0.717, 1.165) is 6.20 Å². The van der Waals surface area contributed by atoms with E-state index in [4.69, 9.17) is 9.84 Å². The van der Waals surface area contributed by atoms with E-state index in [1.807, 2.05) is 0 Å². The smallest absolute Gasteiger partial charge is 0.406 e. The Morgan fingerprint density at radius 3 is 2.63 bits per heavy atom. The molecule has 1 heterocycles. The van der Waals surface area contributed by atoms with E-state index in [1.54, 1.807) is 6.07 Å². The summed E-state index contributed by atoms with van der Waals surface area (Å²) in [5, 5.41) is 8.99. The predicted octanol–water partition coefficient (Wildman–Crippen LogP) is 2.91. The Balaban J connectivity index is 2.63. The second-order valence-electron chi connectivity index (χ2n) is 3.97. The van der Waals surface area contributed by atoms with E-state index >= 15 is 0 Å². The van der Waals surface area contributed by atoms with Gasteiger partial charge in [0, 0.05) is 22.7 Å². The summed E-state index contributed by atoms with van der Waals surface area (Å²) in [4.78, 5) is 13.5. The molecule has 0 amide bonds. The van der Waals surface area contributed by atoms with E-state index in [-0.39, 0.29) is 10.9 Å². The Bertz CT molecular complexity index is 618. The number of ether oxygens (including phenoxy) is 1. The summed E-state index contributed by atoms with van der Waals surface area (Å²) in [6, 6.07) is 4.49. The van der Waals surface area contributed by atoms with Crippen LogP contribution in [0.3, 0.4) is 0 Å². The van der Waals surface area contributed by atoms with Crippen molar-refractivity contribution in [1.82, 2.24) is 4.98 Å². The molecule has 2 aromatic rings. The van der Waals surface area contributed by atoms with Crippen molar-refractivity contribution in [2.75, 3.05) is 7.11 Å². The SMILES string of the molecule is COc1ccc2[nH]cc([C@@H](C(=O)O)C(F)(F)F)c2c1. The zero-order valence-corrected chi connectivity index (χ0v) is 9.78. The highest BCUT2D eigenvalue weighted by molar-refractivity contribution is 5.90. The number of hydrogen-bond donors (Lipinski definition) is 2. The van der Waals surface area contributed by atoms with Crippen LogP contribution in [0.2, 0.25) is 0 Å². The van der Waals surface area contributed by atoms with Gasteiger partial charge in [0.1, 0.15) is 5.75 Å². The molecule has 0 fully saturated rings. The summed E-state index contributed by atoms with van der Waals surface area (Å²) in [7, 11) is 1.38. The molecule has 19 heavy (non-hydrogen) atoms. The second kappa shape index (κ2) is 4.49. The first-order valence-electron chi connectivity index (χ1n) is 5.29. The molecule has 0 saturated carbocycles. The van der Waals surface area contributed by atoms with E-state index in [0.29, 0.717) is 11.3 Å². The van der Waals surface area contributed by atoms with Gasteiger partial charge in [-0.25, -0.2) is 0 Å². The van der Waals surface area contributed by atoms with Gasteiger partial charge in [-0.05, 0) is 18.2 Å². The van der Waals surface area contributed by atoms with Crippen LogP contribution < -0.4 is 4.74 Å². The topological polar surface area (TPSA) is 62.3 Å². The highest BCUT2D eigenvalue weighted by atomic mass is 19.4. The summed E-state index contributed by atoms with van der Waals surface area (Å²) < 4.78 is 43.4. The van der Waals surface area contributed by atoms with Gasteiger partial charge < -0.3 is 14.8 Å². The number of fused-ring (bicyclic) bond motifs is 1. The lowest BCUT2D eigenvalue weighted by atomic mass is 9.98. The number of nitrogens with one attached hydrogen (secondary N) is 1. The number of carboxylic acids is 1. The molecule has 0 saturated heterocycles. The average molecular weight is 273 g/mol. The lowest BCUT2D eigenvalue weighted by molar-refractivity contribution is -0.176. The molecule has 1 aromatic heterocycles. The van der Waals surface area contributed by atoms with Crippen LogP contribution in [0.15, 0.2) is 24.4 Å². The number of carboxylic acid groups (broad SMARTS) is 1. The number of aliphatic carboxylic acids is 1. The van der Waals surface area contributed by atoms with Crippen LogP contribution >= 0.6 is 0 Å². The Kier molecular flexibility index (Phi) is 3.13. The molecule has 0 aliphatic heterocycles. The van der Waals surface area contributed by atoms with Crippen molar-refractivity contribution in [2.24, 2.45) is 0 Å². The Labute approximate surface area is 105 Å². The summed E-state index contributed by atoms with van der Waals surface area (Å²) in [5.41, 5.74) is 0.0974. The number of rotatable bonds is 3. The number of hydrogen-bond acceptors (Lipinski definition) is 2. The van der Waals surface area contributed by atoms with Crippen molar-refractivity contribution in [3.05, 3.63) is 30.0 Å². The number of aromatic amines is 1. The molecule has 4 nitrogen and oxygen atoms in total. The quantitative estimate of drug-likeness (QED) is 0.903. The van der Waals surface area contributed by atoms with Crippen molar-refractivity contribution in [3.63, 3.8) is 0 Å². The first-order valence-corrected chi connectivity index (χ1v) is 5.29. The number of H-pyrrole nitrogens is 1. The molecule has 7 heteroatoms. The molecule has 0 bridgehead atoms. The lowest BCUT2D eigenvalue weighted by Gasteiger charge is -2.15. The molecular weight excluding hydrogens is 263 g/mol. The fourth-order valence-electron chi connectivity index (χ4n) is 1.94. The molecule has 0 aliphatic carbocycles. The third-order valence-electron chi connectivity index (χ3n) is 2.81. The number of alkyl halides is 3. The van der Waals surface area contributed by atoms with E-state index < -0.39 is 18.1 Å². The minimum absolute atomic E-state index is 0.184. The maximum Gasteiger partial charge on any atom is 0.406 e. The number of halogens is 3. The van der Waals surface area contributed by atoms with Gasteiger partial charge in [0.05, 0.1) is 7.11 Å². The molecule has 0 aliphatic rings.